The molecular weight excluding hydrogens is 99.0 g/mol. The summed E-state index contributed by atoms with van der Waals surface area (Å²) in [6, 6.07) is 0. The Balaban J connectivity index is 0.000000360. The van der Waals surface area contributed by atoms with Crippen LogP contribution in [0.2, 0.25) is 0 Å². The van der Waals surface area contributed by atoms with Gasteiger partial charge in [-0.25, -0.2) is 0 Å². The molecule has 0 aromatic carbocycles. The summed E-state index contributed by atoms with van der Waals surface area (Å²) in [6.07, 6.45) is 5.60. The van der Waals surface area contributed by atoms with Crippen molar-refractivity contribution in [1.29, 1.82) is 0 Å². The fourth-order valence-corrected chi connectivity index (χ4v) is 1.01. The number of hydrogen-bond acceptors (Lipinski definition) is 0. The van der Waals surface area contributed by atoms with Crippen molar-refractivity contribution in [1.82, 2.24) is 0 Å². The monoisotopic (exact) mass is 113 g/mol. The van der Waals surface area contributed by atoms with Crippen LogP contribution in [0.5, 0.6) is 0 Å². The predicted octanol–water partition coefficient (Wildman–Crippen LogP) is 0.827. The topological polar surface area (TPSA) is 0 Å². The molecule has 1 aliphatic carbocycles. The Labute approximate surface area is 56.4 Å². The van der Waals surface area contributed by atoms with Crippen molar-refractivity contribution in [3.63, 3.8) is 0 Å². The third-order valence-electron chi connectivity index (χ3n) is 1.47. The first kappa shape index (κ1) is 7.53. The molecule has 41 valence electrons. The zero-order valence-electron chi connectivity index (χ0n) is 4.11. The minimum atomic E-state index is 0. The molecule has 1 heteroatoms. The molecule has 0 amide bonds. The second-order valence-electron chi connectivity index (χ2n) is 2.15. The van der Waals surface area contributed by atoms with Crippen LogP contribution in [-0.4, -0.2) is 17.4 Å². The van der Waals surface area contributed by atoms with E-state index in [4.69, 9.17) is 0 Å². The summed E-state index contributed by atoms with van der Waals surface area (Å²) in [6.45, 7) is 3.94. The molecule has 1 fully saturated rings. The highest BCUT2D eigenvalue weighted by atomic mass is 27.0. The van der Waals surface area contributed by atoms with Crippen LogP contribution in [0.4, 0.5) is 0 Å². The SMILES string of the molecule is [AlH3].[CH2]C1CCCC1. The third-order valence-corrected chi connectivity index (χ3v) is 1.47. The number of rotatable bonds is 0. The van der Waals surface area contributed by atoms with Gasteiger partial charge < -0.3 is 0 Å². The Bertz CT molecular complexity index is 37.4. The Kier molecular flexibility index (Phi) is 3.79. The maximum absolute atomic E-state index is 3.94. The van der Waals surface area contributed by atoms with E-state index in [2.05, 4.69) is 6.92 Å². The molecule has 0 saturated heterocycles. The van der Waals surface area contributed by atoms with Gasteiger partial charge in [0.1, 0.15) is 0 Å². The van der Waals surface area contributed by atoms with E-state index in [0.717, 1.165) is 5.92 Å². The average molecular weight is 113 g/mol. The van der Waals surface area contributed by atoms with Gasteiger partial charge >= 0.3 is 0 Å². The molecular formula is C6H14Al. The molecule has 0 atom stereocenters. The van der Waals surface area contributed by atoms with Crippen LogP contribution in [0.1, 0.15) is 25.7 Å². The summed E-state index contributed by atoms with van der Waals surface area (Å²) in [5, 5.41) is 0. The van der Waals surface area contributed by atoms with Gasteiger partial charge in [0, 0.05) is 0 Å². The molecule has 1 saturated carbocycles. The smallest absolute Gasteiger partial charge is 0.0530 e. The first-order valence-electron chi connectivity index (χ1n) is 2.72. The maximum atomic E-state index is 3.94. The van der Waals surface area contributed by atoms with Crippen molar-refractivity contribution >= 4 is 17.4 Å². The molecule has 0 aliphatic heterocycles. The van der Waals surface area contributed by atoms with E-state index in [9.17, 15) is 0 Å². The van der Waals surface area contributed by atoms with E-state index in [1.807, 2.05) is 0 Å². The van der Waals surface area contributed by atoms with E-state index in [1.54, 1.807) is 0 Å². The van der Waals surface area contributed by atoms with Crippen LogP contribution in [0.25, 0.3) is 0 Å². The first-order valence-corrected chi connectivity index (χ1v) is 2.72. The van der Waals surface area contributed by atoms with Crippen molar-refractivity contribution in [2.24, 2.45) is 5.92 Å². The van der Waals surface area contributed by atoms with Gasteiger partial charge in [0.25, 0.3) is 0 Å². The minimum absolute atomic E-state index is 0. The van der Waals surface area contributed by atoms with Gasteiger partial charge in [0.05, 0.1) is 0 Å². The van der Waals surface area contributed by atoms with Crippen LogP contribution >= 0.6 is 0 Å². The van der Waals surface area contributed by atoms with Crippen LogP contribution in [0.15, 0.2) is 0 Å². The van der Waals surface area contributed by atoms with E-state index in [-0.39, 0.29) is 17.4 Å². The Morgan fingerprint density at radius 3 is 1.71 bits per heavy atom. The summed E-state index contributed by atoms with van der Waals surface area (Å²) >= 11 is 0. The lowest BCUT2D eigenvalue weighted by Gasteiger charge is -1.91. The zero-order chi connectivity index (χ0) is 4.41. The molecule has 0 nitrogen and oxygen atoms in total. The summed E-state index contributed by atoms with van der Waals surface area (Å²) in [5.41, 5.74) is 0. The van der Waals surface area contributed by atoms with Crippen molar-refractivity contribution in [3.8, 4) is 0 Å². The molecule has 0 aromatic rings. The normalized spacial score (nSPS) is 21.9. The lowest BCUT2D eigenvalue weighted by molar-refractivity contribution is 0.681. The molecule has 0 bridgehead atoms. The largest absolute Gasteiger partial charge is 0.187 e. The van der Waals surface area contributed by atoms with Gasteiger partial charge in [-0.15, -0.1) is 0 Å². The second kappa shape index (κ2) is 3.52. The van der Waals surface area contributed by atoms with Gasteiger partial charge in [0.15, 0.2) is 17.4 Å². The highest BCUT2D eigenvalue weighted by Gasteiger charge is 2.07. The van der Waals surface area contributed by atoms with Crippen LogP contribution < -0.4 is 0 Å². The lowest BCUT2D eigenvalue weighted by atomic mass is 10.2. The molecule has 1 radical (unpaired) electrons. The van der Waals surface area contributed by atoms with Gasteiger partial charge in [0.2, 0.25) is 0 Å². The van der Waals surface area contributed by atoms with E-state index < -0.39 is 0 Å². The third kappa shape index (κ3) is 2.37. The first-order chi connectivity index (χ1) is 2.89. The van der Waals surface area contributed by atoms with Crippen molar-refractivity contribution in [2.75, 3.05) is 0 Å². The summed E-state index contributed by atoms with van der Waals surface area (Å²) in [4.78, 5) is 0. The van der Waals surface area contributed by atoms with Crippen LogP contribution in [0, 0.1) is 12.8 Å². The highest BCUT2D eigenvalue weighted by molar-refractivity contribution is 5.75. The molecule has 1 aliphatic rings. The van der Waals surface area contributed by atoms with Crippen molar-refractivity contribution < 1.29 is 0 Å². The molecule has 0 unspecified atom stereocenters. The van der Waals surface area contributed by atoms with Crippen LogP contribution in [-0.2, 0) is 0 Å². The molecule has 0 N–H and O–H groups in total. The van der Waals surface area contributed by atoms with E-state index >= 15 is 0 Å². The predicted molar refractivity (Wildman–Crippen MR) is 37.3 cm³/mol. The lowest BCUT2D eigenvalue weighted by Crippen LogP contribution is -1.79. The van der Waals surface area contributed by atoms with Crippen LogP contribution in [0.3, 0.4) is 0 Å². The quantitative estimate of drug-likeness (QED) is 0.408. The highest BCUT2D eigenvalue weighted by Crippen LogP contribution is 2.22. The van der Waals surface area contributed by atoms with E-state index in [0.29, 0.717) is 0 Å². The van der Waals surface area contributed by atoms with E-state index in [1.165, 1.54) is 25.7 Å². The van der Waals surface area contributed by atoms with Crippen molar-refractivity contribution in [3.05, 3.63) is 6.92 Å². The minimum Gasteiger partial charge on any atom is -0.0530 e. The van der Waals surface area contributed by atoms with Gasteiger partial charge in [-0.3, -0.25) is 0 Å². The fraction of sp³-hybridized carbons (Fsp3) is 0.833. The summed E-state index contributed by atoms with van der Waals surface area (Å²) in [5.74, 6) is 0.796. The number of hydrogen-bond donors (Lipinski definition) is 0. The molecule has 0 spiro atoms. The fourth-order valence-electron chi connectivity index (χ4n) is 1.01. The zero-order valence-corrected chi connectivity index (χ0v) is 4.11. The molecule has 0 heterocycles. The Hall–Kier alpha value is 0.532. The van der Waals surface area contributed by atoms with Crippen molar-refractivity contribution in [2.45, 2.75) is 25.7 Å². The summed E-state index contributed by atoms with van der Waals surface area (Å²) < 4.78 is 0. The van der Waals surface area contributed by atoms with Gasteiger partial charge in [-0.1, -0.05) is 32.6 Å². The molecule has 1 rings (SSSR count). The Morgan fingerprint density at radius 2 is 1.57 bits per heavy atom. The average Bonchev–Trinajstić information content (AvgIpc) is 1.86. The standard InChI is InChI=1S/C6H11.Al.3H/c1-6-4-2-3-5-6;;;;/h6H,1-5H2;;;;. The molecule has 7 heavy (non-hydrogen) atoms. The second-order valence-corrected chi connectivity index (χ2v) is 2.15. The maximum Gasteiger partial charge on any atom is 0.187 e. The van der Waals surface area contributed by atoms with Gasteiger partial charge in [-0.05, 0) is 5.92 Å². The van der Waals surface area contributed by atoms with Gasteiger partial charge in [-0.2, -0.15) is 0 Å². The Morgan fingerprint density at radius 1 is 1.14 bits per heavy atom. The molecule has 0 aromatic heterocycles. The summed E-state index contributed by atoms with van der Waals surface area (Å²) in [7, 11) is 0.